The third-order valence-electron chi connectivity index (χ3n) is 2.11. The Morgan fingerprint density at radius 1 is 1.31 bits per heavy atom. The number of halogens is 1. The van der Waals surface area contributed by atoms with Crippen molar-refractivity contribution in [1.82, 2.24) is 0 Å². The molecule has 1 aromatic rings. The molecule has 0 aromatic heterocycles. The number of hydrogen-bond acceptors (Lipinski definition) is 1. The number of unbranched alkanes of at least 4 members (excludes halogenated alkanes) is 1. The van der Waals surface area contributed by atoms with Crippen LogP contribution in [-0.2, 0) is 6.42 Å². The Bertz CT molecular complexity index is 271. The maximum Gasteiger partial charge on any atom is 0.0209 e. The van der Waals surface area contributed by atoms with Crippen molar-refractivity contribution >= 4 is 15.9 Å². The number of aryl methyl sites for hydroxylation is 2. The van der Waals surface area contributed by atoms with E-state index in [-0.39, 0.29) is 0 Å². The first-order chi connectivity index (χ1) is 6.24. The first-order valence-electron chi connectivity index (χ1n) is 4.69. The summed E-state index contributed by atoms with van der Waals surface area (Å²) < 4.78 is 1.23. The van der Waals surface area contributed by atoms with Crippen LogP contribution in [0.3, 0.4) is 0 Å². The van der Waals surface area contributed by atoms with E-state index in [0.29, 0.717) is 0 Å². The second-order valence-corrected chi connectivity index (χ2v) is 4.19. The molecule has 0 aliphatic rings. The normalized spacial score (nSPS) is 10.4. The first kappa shape index (κ1) is 10.7. The Hall–Kier alpha value is -0.340. The van der Waals surface area contributed by atoms with E-state index in [1.165, 1.54) is 22.0 Å². The van der Waals surface area contributed by atoms with E-state index in [0.717, 1.165) is 19.4 Å². The molecule has 2 N–H and O–H groups in total. The number of rotatable bonds is 4. The molecule has 72 valence electrons. The third kappa shape index (κ3) is 3.49. The summed E-state index contributed by atoms with van der Waals surface area (Å²) >= 11 is 3.57. The lowest BCUT2D eigenvalue weighted by Crippen LogP contribution is -1.99. The van der Waals surface area contributed by atoms with Gasteiger partial charge in [0, 0.05) is 4.47 Å². The summed E-state index contributed by atoms with van der Waals surface area (Å²) in [5.41, 5.74) is 8.13. The standard InChI is InChI=1S/C11H16BrN/c1-9-5-6-10(11(12)8-9)4-2-3-7-13/h5-6,8H,2-4,7,13H2,1H3. The average molecular weight is 242 g/mol. The van der Waals surface area contributed by atoms with E-state index in [9.17, 15) is 0 Å². The highest BCUT2D eigenvalue weighted by atomic mass is 79.9. The van der Waals surface area contributed by atoms with Gasteiger partial charge in [0.15, 0.2) is 0 Å². The third-order valence-corrected chi connectivity index (χ3v) is 2.85. The maximum absolute atomic E-state index is 5.44. The van der Waals surface area contributed by atoms with Crippen molar-refractivity contribution in [1.29, 1.82) is 0 Å². The van der Waals surface area contributed by atoms with Gasteiger partial charge in [-0.05, 0) is 49.9 Å². The van der Waals surface area contributed by atoms with Crippen LogP contribution in [0.15, 0.2) is 22.7 Å². The van der Waals surface area contributed by atoms with Crippen molar-refractivity contribution in [2.45, 2.75) is 26.2 Å². The summed E-state index contributed by atoms with van der Waals surface area (Å²) in [6.07, 6.45) is 3.41. The van der Waals surface area contributed by atoms with Gasteiger partial charge in [-0.1, -0.05) is 28.1 Å². The summed E-state index contributed by atoms with van der Waals surface area (Å²) in [4.78, 5) is 0. The fourth-order valence-corrected chi connectivity index (χ4v) is 2.01. The van der Waals surface area contributed by atoms with E-state index in [4.69, 9.17) is 5.73 Å². The zero-order valence-electron chi connectivity index (χ0n) is 8.02. The maximum atomic E-state index is 5.44. The molecule has 0 saturated carbocycles. The van der Waals surface area contributed by atoms with Crippen LogP contribution in [-0.4, -0.2) is 6.54 Å². The van der Waals surface area contributed by atoms with E-state index in [1.54, 1.807) is 0 Å². The molecule has 0 amide bonds. The fourth-order valence-electron chi connectivity index (χ4n) is 1.31. The monoisotopic (exact) mass is 241 g/mol. The molecule has 0 spiro atoms. The molecule has 0 heterocycles. The highest BCUT2D eigenvalue weighted by Gasteiger charge is 1.98. The molecular formula is C11H16BrN. The van der Waals surface area contributed by atoms with Gasteiger partial charge in [-0.3, -0.25) is 0 Å². The largest absolute Gasteiger partial charge is 0.330 e. The van der Waals surface area contributed by atoms with Crippen LogP contribution >= 0.6 is 15.9 Å². The van der Waals surface area contributed by atoms with Crippen LogP contribution in [0.2, 0.25) is 0 Å². The van der Waals surface area contributed by atoms with Gasteiger partial charge in [-0.2, -0.15) is 0 Å². The van der Waals surface area contributed by atoms with Crippen LogP contribution in [0.5, 0.6) is 0 Å². The van der Waals surface area contributed by atoms with Crippen LogP contribution in [0, 0.1) is 6.92 Å². The average Bonchev–Trinajstić information content (AvgIpc) is 2.09. The SMILES string of the molecule is Cc1ccc(CCCCN)c(Br)c1. The van der Waals surface area contributed by atoms with Gasteiger partial charge in [-0.15, -0.1) is 0 Å². The minimum atomic E-state index is 0.795. The zero-order valence-corrected chi connectivity index (χ0v) is 9.60. The van der Waals surface area contributed by atoms with Gasteiger partial charge in [0.2, 0.25) is 0 Å². The summed E-state index contributed by atoms with van der Waals surface area (Å²) in [7, 11) is 0. The predicted octanol–water partition coefficient (Wildman–Crippen LogP) is 3.04. The summed E-state index contributed by atoms with van der Waals surface area (Å²) in [5, 5.41) is 0. The van der Waals surface area contributed by atoms with Gasteiger partial charge >= 0.3 is 0 Å². The van der Waals surface area contributed by atoms with Gasteiger partial charge in [0.25, 0.3) is 0 Å². The molecule has 0 unspecified atom stereocenters. The van der Waals surface area contributed by atoms with E-state index >= 15 is 0 Å². The number of nitrogens with two attached hydrogens (primary N) is 1. The topological polar surface area (TPSA) is 26.0 Å². The van der Waals surface area contributed by atoms with E-state index in [2.05, 4.69) is 41.1 Å². The second-order valence-electron chi connectivity index (χ2n) is 3.34. The molecule has 13 heavy (non-hydrogen) atoms. The molecule has 2 heteroatoms. The molecule has 0 radical (unpaired) electrons. The second kappa shape index (κ2) is 5.40. The van der Waals surface area contributed by atoms with Crippen LogP contribution in [0.25, 0.3) is 0 Å². The highest BCUT2D eigenvalue weighted by Crippen LogP contribution is 2.19. The first-order valence-corrected chi connectivity index (χ1v) is 5.48. The van der Waals surface area contributed by atoms with Crippen molar-refractivity contribution < 1.29 is 0 Å². The van der Waals surface area contributed by atoms with Gasteiger partial charge < -0.3 is 5.73 Å². The van der Waals surface area contributed by atoms with Crippen molar-refractivity contribution in [3.05, 3.63) is 33.8 Å². The lowest BCUT2D eigenvalue weighted by Gasteiger charge is -2.04. The number of benzene rings is 1. The fraction of sp³-hybridized carbons (Fsp3) is 0.455. The van der Waals surface area contributed by atoms with Crippen molar-refractivity contribution in [2.75, 3.05) is 6.54 Å². The molecule has 0 aliphatic carbocycles. The van der Waals surface area contributed by atoms with E-state index < -0.39 is 0 Å². The molecule has 0 bridgehead atoms. The quantitative estimate of drug-likeness (QED) is 0.807. The molecule has 0 saturated heterocycles. The Balaban J connectivity index is 2.56. The van der Waals surface area contributed by atoms with Gasteiger partial charge in [0.05, 0.1) is 0 Å². The lowest BCUT2D eigenvalue weighted by atomic mass is 10.1. The Morgan fingerprint density at radius 3 is 2.69 bits per heavy atom. The molecular weight excluding hydrogens is 226 g/mol. The Kier molecular flexibility index (Phi) is 4.46. The minimum absolute atomic E-state index is 0.795. The van der Waals surface area contributed by atoms with Crippen LogP contribution in [0.1, 0.15) is 24.0 Å². The highest BCUT2D eigenvalue weighted by molar-refractivity contribution is 9.10. The minimum Gasteiger partial charge on any atom is -0.330 e. The van der Waals surface area contributed by atoms with Crippen molar-refractivity contribution in [3.8, 4) is 0 Å². The molecule has 0 atom stereocenters. The van der Waals surface area contributed by atoms with Gasteiger partial charge in [-0.25, -0.2) is 0 Å². The van der Waals surface area contributed by atoms with E-state index in [1.807, 2.05) is 0 Å². The summed E-state index contributed by atoms with van der Waals surface area (Å²) in [6, 6.07) is 6.51. The van der Waals surface area contributed by atoms with Crippen LogP contribution in [0.4, 0.5) is 0 Å². The molecule has 1 rings (SSSR count). The number of hydrogen-bond donors (Lipinski definition) is 1. The smallest absolute Gasteiger partial charge is 0.0209 e. The molecule has 1 aromatic carbocycles. The van der Waals surface area contributed by atoms with Gasteiger partial charge in [0.1, 0.15) is 0 Å². The summed E-state index contributed by atoms with van der Waals surface area (Å²) in [6.45, 7) is 2.90. The Morgan fingerprint density at radius 2 is 2.08 bits per heavy atom. The van der Waals surface area contributed by atoms with Crippen LogP contribution < -0.4 is 5.73 Å². The lowest BCUT2D eigenvalue weighted by molar-refractivity contribution is 0.743. The predicted molar refractivity (Wildman–Crippen MR) is 60.9 cm³/mol. The summed E-state index contributed by atoms with van der Waals surface area (Å²) in [5.74, 6) is 0. The molecule has 1 nitrogen and oxygen atoms in total. The molecule has 0 fully saturated rings. The van der Waals surface area contributed by atoms with Crippen molar-refractivity contribution in [2.24, 2.45) is 5.73 Å². The zero-order chi connectivity index (χ0) is 9.68. The van der Waals surface area contributed by atoms with Crippen molar-refractivity contribution in [3.63, 3.8) is 0 Å². The molecule has 0 aliphatic heterocycles. The Labute approximate surface area is 88.5 Å².